The van der Waals surface area contributed by atoms with Crippen LogP contribution in [0.1, 0.15) is 36.0 Å². The highest BCUT2D eigenvalue weighted by atomic mass is 19.4. The summed E-state index contributed by atoms with van der Waals surface area (Å²) in [5.74, 6) is -3.80. The van der Waals surface area contributed by atoms with E-state index in [-0.39, 0.29) is 17.5 Å². The van der Waals surface area contributed by atoms with Crippen LogP contribution in [0.2, 0.25) is 0 Å². The molecule has 0 saturated heterocycles. The van der Waals surface area contributed by atoms with Crippen LogP contribution in [0.5, 0.6) is 5.75 Å². The van der Waals surface area contributed by atoms with Crippen LogP contribution in [0.15, 0.2) is 72.8 Å². The van der Waals surface area contributed by atoms with Gasteiger partial charge in [-0.1, -0.05) is 42.5 Å². The average molecular weight is 563 g/mol. The fourth-order valence-corrected chi connectivity index (χ4v) is 4.02. The molecule has 3 rings (SSSR count). The highest BCUT2D eigenvalue weighted by Crippen LogP contribution is 2.38. The van der Waals surface area contributed by atoms with Crippen molar-refractivity contribution < 1.29 is 49.0 Å². The summed E-state index contributed by atoms with van der Waals surface area (Å²) < 4.78 is 123. The summed E-state index contributed by atoms with van der Waals surface area (Å²) in [7, 11) is 0. The fraction of sp³-hybridized carbons (Fsp3) is 0.296. The topological polar surface area (TPSA) is 38.3 Å². The minimum atomic E-state index is -4.98. The minimum absolute atomic E-state index is 0.106. The lowest BCUT2D eigenvalue weighted by atomic mass is 9.77. The highest BCUT2D eigenvalue weighted by Gasteiger charge is 2.45. The van der Waals surface area contributed by atoms with E-state index >= 15 is 0 Å². The molecule has 0 bridgehead atoms. The first-order valence-electron chi connectivity index (χ1n) is 11.5. The first-order chi connectivity index (χ1) is 18.2. The largest absolute Gasteiger partial charge is 0.461 e. The van der Waals surface area contributed by atoms with Crippen molar-refractivity contribution in [2.24, 2.45) is 0 Å². The molecule has 1 atom stereocenters. The maximum Gasteiger partial charge on any atom is 0.461 e. The number of carbonyl (C=O) groups excluding carboxylic acids is 1. The lowest BCUT2D eigenvalue weighted by Crippen LogP contribution is -2.48. The predicted octanol–water partition coefficient (Wildman–Crippen LogP) is 7.54. The zero-order valence-electron chi connectivity index (χ0n) is 20.1. The molecule has 0 fully saturated rings. The van der Waals surface area contributed by atoms with Crippen LogP contribution >= 0.6 is 0 Å². The Hall–Kier alpha value is -3.70. The van der Waals surface area contributed by atoms with Gasteiger partial charge in [0.15, 0.2) is 0 Å². The Labute approximate surface area is 217 Å². The third-order valence-electron chi connectivity index (χ3n) is 5.74. The summed E-state index contributed by atoms with van der Waals surface area (Å²) in [6, 6.07) is 14.6. The molecule has 3 aromatic rings. The van der Waals surface area contributed by atoms with E-state index in [9.17, 15) is 44.3 Å². The first-order valence-corrected chi connectivity index (χ1v) is 11.5. The number of nitrogens with one attached hydrogen (secondary N) is 1. The molecule has 0 aliphatic rings. The SMILES string of the molecule is O=C(CCCC(F)(F)F)N[C@](Cc1ccccc1)(c1ccc(F)cc1)c1cc(F)cc(OC(F)(F)C(F)F)c1. The van der Waals surface area contributed by atoms with Crippen molar-refractivity contribution in [1.29, 1.82) is 0 Å². The van der Waals surface area contributed by atoms with Gasteiger partial charge in [0.05, 0.1) is 5.54 Å². The van der Waals surface area contributed by atoms with Gasteiger partial charge in [0.2, 0.25) is 5.91 Å². The van der Waals surface area contributed by atoms with Crippen LogP contribution in [-0.2, 0) is 16.8 Å². The van der Waals surface area contributed by atoms with E-state index in [1.807, 2.05) is 0 Å². The van der Waals surface area contributed by atoms with E-state index in [1.54, 1.807) is 30.3 Å². The van der Waals surface area contributed by atoms with E-state index < -0.39 is 66.8 Å². The predicted molar refractivity (Wildman–Crippen MR) is 123 cm³/mol. The number of ether oxygens (including phenoxy) is 1. The standard InChI is InChI=1S/C27H22F9NO2/c28-20-10-8-18(9-11-20)25(16-17-5-2-1-3-6-17,37-23(38)7-4-12-26(32,33)34)19-13-21(29)15-22(14-19)39-27(35,36)24(30)31/h1-3,5-6,8-11,13-15,24H,4,7,12,16H2,(H,37,38)/t25-/m1/s1. The van der Waals surface area contributed by atoms with Crippen LogP contribution in [0.3, 0.4) is 0 Å². The van der Waals surface area contributed by atoms with Gasteiger partial charge in [-0.2, -0.15) is 30.7 Å². The zero-order chi connectivity index (χ0) is 28.8. The summed E-state index contributed by atoms with van der Waals surface area (Å²) in [6.45, 7) is 0. The van der Waals surface area contributed by atoms with Gasteiger partial charge in [-0.15, -0.1) is 0 Å². The monoisotopic (exact) mass is 563 g/mol. The molecular weight excluding hydrogens is 541 g/mol. The van der Waals surface area contributed by atoms with Gasteiger partial charge in [0.25, 0.3) is 0 Å². The fourth-order valence-electron chi connectivity index (χ4n) is 4.02. The molecule has 0 aromatic heterocycles. The summed E-state index contributed by atoms with van der Waals surface area (Å²) in [4.78, 5) is 12.9. The number of alkyl halides is 7. The van der Waals surface area contributed by atoms with Crippen LogP contribution in [0, 0.1) is 11.6 Å². The number of hydrogen-bond donors (Lipinski definition) is 1. The summed E-state index contributed by atoms with van der Waals surface area (Å²) in [5, 5.41) is 2.57. The molecule has 0 unspecified atom stereocenters. The average Bonchev–Trinajstić information content (AvgIpc) is 2.83. The van der Waals surface area contributed by atoms with E-state index in [1.165, 1.54) is 12.1 Å². The summed E-state index contributed by atoms with van der Waals surface area (Å²) in [6.07, 6.45) is -16.4. The van der Waals surface area contributed by atoms with E-state index in [4.69, 9.17) is 0 Å². The van der Waals surface area contributed by atoms with Crippen molar-refractivity contribution >= 4 is 5.91 Å². The van der Waals surface area contributed by atoms with Crippen molar-refractivity contribution in [3.63, 3.8) is 0 Å². The number of carbonyl (C=O) groups is 1. The molecule has 39 heavy (non-hydrogen) atoms. The maximum atomic E-state index is 14.7. The number of hydrogen-bond acceptors (Lipinski definition) is 2. The molecule has 0 aliphatic carbocycles. The van der Waals surface area contributed by atoms with E-state index in [0.717, 1.165) is 24.3 Å². The zero-order valence-corrected chi connectivity index (χ0v) is 20.1. The normalized spacial score (nSPS) is 13.7. The summed E-state index contributed by atoms with van der Waals surface area (Å²) >= 11 is 0. The lowest BCUT2D eigenvalue weighted by Gasteiger charge is -2.37. The van der Waals surface area contributed by atoms with Gasteiger partial charge < -0.3 is 10.1 Å². The Morgan fingerprint density at radius 2 is 1.46 bits per heavy atom. The Balaban J connectivity index is 2.17. The molecular formula is C27H22F9NO2. The Bertz CT molecular complexity index is 1250. The van der Waals surface area contributed by atoms with Gasteiger partial charge in [0, 0.05) is 25.3 Å². The quantitative estimate of drug-likeness (QED) is 0.245. The van der Waals surface area contributed by atoms with Gasteiger partial charge in [-0.25, -0.2) is 8.78 Å². The van der Waals surface area contributed by atoms with Gasteiger partial charge in [0.1, 0.15) is 17.4 Å². The maximum absolute atomic E-state index is 14.7. The molecule has 3 nitrogen and oxygen atoms in total. The van der Waals surface area contributed by atoms with E-state index in [0.29, 0.717) is 11.6 Å². The van der Waals surface area contributed by atoms with Crippen LogP contribution in [0.25, 0.3) is 0 Å². The van der Waals surface area contributed by atoms with Crippen LogP contribution in [-0.4, -0.2) is 24.6 Å². The number of benzene rings is 3. The molecule has 12 heteroatoms. The second kappa shape index (κ2) is 12.0. The van der Waals surface area contributed by atoms with Crippen molar-refractivity contribution in [3.05, 3.63) is 101 Å². The van der Waals surface area contributed by atoms with Gasteiger partial charge >= 0.3 is 18.7 Å². The second-order valence-corrected chi connectivity index (χ2v) is 8.73. The lowest BCUT2D eigenvalue weighted by molar-refractivity contribution is -0.253. The van der Waals surface area contributed by atoms with Crippen LogP contribution < -0.4 is 10.1 Å². The third-order valence-corrected chi connectivity index (χ3v) is 5.74. The molecule has 0 saturated carbocycles. The number of halogens is 9. The first kappa shape index (κ1) is 29.9. The number of rotatable bonds is 11. The molecule has 1 N–H and O–H groups in total. The Kier molecular flexibility index (Phi) is 9.18. The molecule has 210 valence electrons. The molecule has 0 aliphatic heterocycles. The van der Waals surface area contributed by atoms with E-state index in [2.05, 4.69) is 10.1 Å². The molecule has 3 aromatic carbocycles. The van der Waals surface area contributed by atoms with Crippen molar-refractivity contribution in [2.45, 2.75) is 49.9 Å². The molecule has 0 heterocycles. The second-order valence-electron chi connectivity index (χ2n) is 8.73. The van der Waals surface area contributed by atoms with Gasteiger partial charge in [-0.3, -0.25) is 4.79 Å². The molecule has 0 spiro atoms. The van der Waals surface area contributed by atoms with Crippen molar-refractivity contribution in [1.82, 2.24) is 5.32 Å². The van der Waals surface area contributed by atoms with Gasteiger partial charge in [-0.05, 0) is 47.4 Å². The molecule has 1 amide bonds. The highest BCUT2D eigenvalue weighted by molar-refractivity contribution is 5.78. The van der Waals surface area contributed by atoms with Crippen molar-refractivity contribution in [2.75, 3.05) is 0 Å². The Morgan fingerprint density at radius 1 is 0.821 bits per heavy atom. The number of amides is 1. The van der Waals surface area contributed by atoms with Crippen molar-refractivity contribution in [3.8, 4) is 5.75 Å². The third kappa shape index (κ3) is 8.14. The minimum Gasteiger partial charge on any atom is -0.428 e. The molecule has 0 radical (unpaired) electrons. The smallest absolute Gasteiger partial charge is 0.428 e. The van der Waals surface area contributed by atoms with Crippen LogP contribution in [0.4, 0.5) is 39.5 Å². The summed E-state index contributed by atoms with van der Waals surface area (Å²) in [5.41, 5.74) is -1.52. The Morgan fingerprint density at radius 3 is 2.05 bits per heavy atom.